The van der Waals surface area contributed by atoms with Crippen LogP contribution in [0, 0.1) is 0 Å². The minimum Gasteiger partial charge on any atom is -0.395 e. The van der Waals surface area contributed by atoms with Crippen molar-refractivity contribution in [2.24, 2.45) is 0 Å². The first-order valence-corrected chi connectivity index (χ1v) is 6.73. The molecule has 0 saturated heterocycles. The lowest BCUT2D eigenvalue weighted by Gasteiger charge is -2.16. The molecule has 0 atom stereocenters. The van der Waals surface area contributed by atoms with Gasteiger partial charge in [-0.25, -0.2) is 0 Å². The van der Waals surface area contributed by atoms with Crippen LogP contribution in [-0.2, 0) is 13.0 Å². The first-order chi connectivity index (χ1) is 9.52. The van der Waals surface area contributed by atoms with Crippen LogP contribution in [0.15, 0.2) is 24.3 Å². The number of nitrogens with two attached hydrogens (primary N) is 1. The molecule has 2 aromatic rings. The number of halogens is 1. The van der Waals surface area contributed by atoms with Crippen LogP contribution in [-0.4, -0.2) is 28.1 Å². The van der Waals surface area contributed by atoms with Crippen molar-refractivity contribution in [1.29, 1.82) is 0 Å². The summed E-state index contributed by atoms with van der Waals surface area (Å²) in [5, 5.41) is 7.44. The summed E-state index contributed by atoms with van der Waals surface area (Å²) in [5.41, 5.74) is 8.34. The molecule has 1 heterocycles. The van der Waals surface area contributed by atoms with Gasteiger partial charge in [0.1, 0.15) is 0 Å². The van der Waals surface area contributed by atoms with E-state index >= 15 is 0 Å². The fourth-order valence-electron chi connectivity index (χ4n) is 1.98. The second kappa shape index (κ2) is 5.96. The molecule has 0 fully saturated rings. The summed E-state index contributed by atoms with van der Waals surface area (Å²) >= 11 is 5.93. The Hall–Kier alpha value is -2.01. The predicted molar refractivity (Wildman–Crippen MR) is 79.6 cm³/mol. The quantitative estimate of drug-likeness (QED) is 0.909. The molecule has 0 unspecified atom stereocenters. The Morgan fingerprint density at radius 1 is 1.50 bits per heavy atom. The topological polar surface area (TPSA) is 75.0 Å². The number of carbonyl (C=O) groups is 1. The smallest absolute Gasteiger partial charge is 0.276 e. The van der Waals surface area contributed by atoms with Crippen molar-refractivity contribution in [3.63, 3.8) is 0 Å². The van der Waals surface area contributed by atoms with Crippen LogP contribution in [0.4, 0.5) is 5.69 Å². The molecule has 2 rings (SSSR count). The highest BCUT2D eigenvalue weighted by Gasteiger charge is 2.20. The number of benzene rings is 1. The van der Waals surface area contributed by atoms with Crippen molar-refractivity contribution in [3.05, 3.63) is 46.2 Å². The van der Waals surface area contributed by atoms with Crippen molar-refractivity contribution < 1.29 is 4.79 Å². The van der Waals surface area contributed by atoms with Gasteiger partial charge in [-0.1, -0.05) is 30.7 Å². The van der Waals surface area contributed by atoms with Gasteiger partial charge in [-0.15, -0.1) is 0 Å². The van der Waals surface area contributed by atoms with E-state index < -0.39 is 0 Å². The largest absolute Gasteiger partial charge is 0.395 e. The molecule has 5 nitrogen and oxygen atoms in total. The molecular weight excluding hydrogens is 276 g/mol. The van der Waals surface area contributed by atoms with Crippen molar-refractivity contribution in [1.82, 2.24) is 15.1 Å². The summed E-state index contributed by atoms with van der Waals surface area (Å²) < 4.78 is 0. The van der Waals surface area contributed by atoms with E-state index in [1.165, 1.54) is 0 Å². The van der Waals surface area contributed by atoms with E-state index in [2.05, 4.69) is 10.2 Å². The van der Waals surface area contributed by atoms with Crippen molar-refractivity contribution in [2.75, 3.05) is 12.8 Å². The number of hydrogen-bond donors (Lipinski definition) is 2. The van der Waals surface area contributed by atoms with E-state index in [9.17, 15) is 4.79 Å². The van der Waals surface area contributed by atoms with E-state index in [1.807, 2.05) is 25.1 Å². The van der Waals surface area contributed by atoms with Crippen LogP contribution in [0.2, 0.25) is 5.02 Å². The number of anilines is 1. The third-order valence-corrected chi connectivity index (χ3v) is 3.33. The summed E-state index contributed by atoms with van der Waals surface area (Å²) in [6.45, 7) is 2.40. The first-order valence-electron chi connectivity index (χ1n) is 6.35. The minimum atomic E-state index is -0.210. The minimum absolute atomic E-state index is 0.210. The molecule has 20 heavy (non-hydrogen) atoms. The first kappa shape index (κ1) is 14.4. The normalized spacial score (nSPS) is 10.6. The second-order valence-electron chi connectivity index (χ2n) is 4.61. The zero-order chi connectivity index (χ0) is 14.7. The molecule has 3 N–H and O–H groups in total. The van der Waals surface area contributed by atoms with Gasteiger partial charge < -0.3 is 10.6 Å². The Kier molecular flexibility index (Phi) is 4.29. The maximum atomic E-state index is 12.3. The third kappa shape index (κ3) is 2.93. The predicted octanol–water partition coefficient (Wildman–Crippen LogP) is 2.48. The molecule has 0 aliphatic heterocycles. The number of carbonyl (C=O) groups excluding carboxylic acids is 1. The molecule has 0 aliphatic carbocycles. The number of amides is 1. The van der Waals surface area contributed by atoms with Crippen molar-refractivity contribution >= 4 is 23.2 Å². The lowest BCUT2D eigenvalue weighted by atomic mass is 10.2. The molecule has 1 amide bonds. The number of nitrogen functional groups attached to an aromatic ring is 1. The molecule has 106 valence electrons. The Morgan fingerprint density at radius 2 is 2.25 bits per heavy atom. The van der Waals surface area contributed by atoms with Gasteiger partial charge in [-0.2, -0.15) is 5.10 Å². The summed E-state index contributed by atoms with van der Waals surface area (Å²) in [4.78, 5) is 13.9. The van der Waals surface area contributed by atoms with Gasteiger partial charge in [0.25, 0.3) is 5.91 Å². The highest BCUT2D eigenvalue weighted by atomic mass is 35.5. The van der Waals surface area contributed by atoms with E-state index in [4.69, 9.17) is 17.3 Å². The number of rotatable bonds is 4. The zero-order valence-electron chi connectivity index (χ0n) is 11.5. The Labute approximate surface area is 122 Å². The van der Waals surface area contributed by atoms with Crippen molar-refractivity contribution in [2.45, 2.75) is 19.9 Å². The van der Waals surface area contributed by atoms with Crippen LogP contribution in [0.5, 0.6) is 0 Å². The molecule has 6 heteroatoms. The molecule has 0 bridgehead atoms. The van der Waals surface area contributed by atoms with E-state index in [-0.39, 0.29) is 11.6 Å². The molecule has 1 aromatic carbocycles. The third-order valence-electron chi connectivity index (χ3n) is 3.09. The molecular formula is C14H17ClN4O. The highest BCUT2D eigenvalue weighted by molar-refractivity contribution is 6.30. The Morgan fingerprint density at radius 3 is 2.85 bits per heavy atom. The molecule has 0 radical (unpaired) electrons. The monoisotopic (exact) mass is 292 g/mol. The maximum absolute atomic E-state index is 12.3. The molecule has 0 spiro atoms. The van der Waals surface area contributed by atoms with Gasteiger partial charge in [0.15, 0.2) is 5.69 Å². The van der Waals surface area contributed by atoms with E-state index in [0.29, 0.717) is 23.7 Å². The zero-order valence-corrected chi connectivity index (χ0v) is 12.2. The number of aromatic amines is 1. The maximum Gasteiger partial charge on any atom is 0.276 e. The number of nitrogens with one attached hydrogen (secondary N) is 1. The van der Waals surface area contributed by atoms with Gasteiger partial charge in [-0.3, -0.25) is 9.89 Å². The fraction of sp³-hybridized carbons (Fsp3) is 0.286. The number of hydrogen-bond acceptors (Lipinski definition) is 3. The van der Waals surface area contributed by atoms with Crippen LogP contribution in [0.1, 0.15) is 28.7 Å². The molecule has 0 saturated carbocycles. The van der Waals surface area contributed by atoms with Gasteiger partial charge >= 0.3 is 0 Å². The number of H-pyrrole nitrogens is 1. The number of aromatic nitrogens is 2. The van der Waals surface area contributed by atoms with Gasteiger partial charge in [0, 0.05) is 18.6 Å². The van der Waals surface area contributed by atoms with Gasteiger partial charge in [-0.05, 0) is 24.1 Å². The Bertz CT molecular complexity index is 623. The number of nitrogens with zero attached hydrogens (tertiary/aromatic N) is 2. The van der Waals surface area contributed by atoms with E-state index in [1.54, 1.807) is 18.0 Å². The summed E-state index contributed by atoms with van der Waals surface area (Å²) in [5.74, 6) is -0.210. The molecule has 1 aromatic heterocycles. The SMILES string of the molecule is CCc1[nH]nc(C(=O)N(C)Cc2cccc(Cl)c2)c1N. The van der Waals surface area contributed by atoms with Crippen LogP contribution in [0.25, 0.3) is 0 Å². The van der Waals surface area contributed by atoms with Gasteiger partial charge in [0.05, 0.1) is 11.4 Å². The van der Waals surface area contributed by atoms with Crippen LogP contribution < -0.4 is 5.73 Å². The lowest BCUT2D eigenvalue weighted by Crippen LogP contribution is -2.27. The summed E-state index contributed by atoms with van der Waals surface area (Å²) in [6.07, 6.45) is 0.712. The number of aryl methyl sites for hydroxylation is 1. The Balaban J connectivity index is 2.14. The van der Waals surface area contributed by atoms with Gasteiger partial charge in [0.2, 0.25) is 0 Å². The van der Waals surface area contributed by atoms with Crippen LogP contribution >= 0.6 is 11.6 Å². The average molecular weight is 293 g/mol. The van der Waals surface area contributed by atoms with Crippen molar-refractivity contribution in [3.8, 4) is 0 Å². The second-order valence-corrected chi connectivity index (χ2v) is 5.05. The summed E-state index contributed by atoms with van der Waals surface area (Å²) in [6, 6.07) is 7.40. The van der Waals surface area contributed by atoms with E-state index in [0.717, 1.165) is 11.3 Å². The van der Waals surface area contributed by atoms with Crippen LogP contribution in [0.3, 0.4) is 0 Å². The standard InChI is InChI=1S/C14H17ClN4O/c1-3-11-12(16)13(18-17-11)14(20)19(2)8-9-5-4-6-10(15)7-9/h4-7H,3,8,16H2,1-2H3,(H,17,18). The lowest BCUT2D eigenvalue weighted by molar-refractivity contribution is 0.0780. The highest BCUT2D eigenvalue weighted by Crippen LogP contribution is 2.18. The fourth-order valence-corrected chi connectivity index (χ4v) is 2.19. The summed E-state index contributed by atoms with van der Waals surface area (Å²) in [7, 11) is 1.71. The average Bonchev–Trinajstić information content (AvgIpc) is 2.79. The molecule has 0 aliphatic rings.